The fourth-order valence-electron chi connectivity index (χ4n) is 1.29. The lowest BCUT2D eigenvalue weighted by molar-refractivity contribution is 0.242. The minimum Gasteiger partial charge on any atom is -0.491 e. The van der Waals surface area contributed by atoms with E-state index in [0.29, 0.717) is 6.54 Å². The van der Waals surface area contributed by atoms with E-state index in [1.54, 1.807) is 0 Å². The van der Waals surface area contributed by atoms with Crippen molar-refractivity contribution in [1.29, 1.82) is 0 Å². The van der Waals surface area contributed by atoms with Crippen molar-refractivity contribution in [2.24, 2.45) is 5.73 Å². The van der Waals surface area contributed by atoms with E-state index in [1.165, 1.54) is 0 Å². The summed E-state index contributed by atoms with van der Waals surface area (Å²) in [4.78, 5) is 0. The minimum atomic E-state index is 0.208. The van der Waals surface area contributed by atoms with E-state index in [9.17, 15) is 0 Å². The second-order valence-electron chi connectivity index (χ2n) is 3.93. The molecule has 2 nitrogen and oxygen atoms in total. The molecular formula is C13H19NO. The Kier molecular flexibility index (Phi) is 4.37. The minimum absolute atomic E-state index is 0.208. The van der Waals surface area contributed by atoms with Gasteiger partial charge in [0.2, 0.25) is 0 Å². The van der Waals surface area contributed by atoms with Gasteiger partial charge < -0.3 is 10.5 Å². The number of benzene rings is 1. The molecule has 15 heavy (non-hydrogen) atoms. The van der Waals surface area contributed by atoms with Gasteiger partial charge in [0.25, 0.3) is 0 Å². The second-order valence-corrected chi connectivity index (χ2v) is 3.93. The zero-order chi connectivity index (χ0) is 11.3. The molecule has 0 atom stereocenters. The molecule has 0 aliphatic rings. The van der Waals surface area contributed by atoms with Gasteiger partial charge in [-0.1, -0.05) is 23.8 Å². The highest BCUT2D eigenvalue weighted by atomic mass is 16.5. The van der Waals surface area contributed by atoms with Crippen molar-refractivity contribution in [2.45, 2.75) is 26.9 Å². The summed E-state index contributed by atoms with van der Waals surface area (Å²) in [6.45, 7) is 6.66. The van der Waals surface area contributed by atoms with Gasteiger partial charge in [0.15, 0.2) is 0 Å². The van der Waals surface area contributed by atoms with Crippen LogP contribution in [0.2, 0.25) is 0 Å². The van der Waals surface area contributed by atoms with Crippen LogP contribution >= 0.6 is 0 Å². The molecule has 0 saturated heterocycles. The average Bonchev–Trinajstić information content (AvgIpc) is 2.17. The lowest BCUT2D eigenvalue weighted by Crippen LogP contribution is -2.05. The van der Waals surface area contributed by atoms with E-state index < -0.39 is 0 Å². The van der Waals surface area contributed by atoms with Crippen LogP contribution in [-0.4, -0.2) is 12.6 Å². The second kappa shape index (κ2) is 5.56. The zero-order valence-corrected chi connectivity index (χ0v) is 9.66. The van der Waals surface area contributed by atoms with Gasteiger partial charge in [-0.25, -0.2) is 0 Å². The van der Waals surface area contributed by atoms with Gasteiger partial charge in [0.05, 0.1) is 6.10 Å². The van der Waals surface area contributed by atoms with Crippen LogP contribution in [0, 0.1) is 0 Å². The SMILES string of the molecule is CC(=Cc1cccc(OC(C)C)c1)CN. The zero-order valence-electron chi connectivity index (χ0n) is 9.66. The average molecular weight is 205 g/mol. The van der Waals surface area contributed by atoms with E-state index in [0.717, 1.165) is 16.9 Å². The highest BCUT2D eigenvalue weighted by Gasteiger charge is 1.97. The van der Waals surface area contributed by atoms with Crippen molar-refractivity contribution in [1.82, 2.24) is 0 Å². The van der Waals surface area contributed by atoms with Gasteiger partial charge in [-0.05, 0) is 38.5 Å². The molecule has 0 amide bonds. The number of rotatable bonds is 4. The van der Waals surface area contributed by atoms with Crippen LogP contribution in [0.15, 0.2) is 29.8 Å². The van der Waals surface area contributed by atoms with Crippen LogP contribution in [0.3, 0.4) is 0 Å². The van der Waals surface area contributed by atoms with Crippen LogP contribution in [0.1, 0.15) is 26.3 Å². The summed E-state index contributed by atoms with van der Waals surface area (Å²) in [6, 6.07) is 8.04. The molecule has 0 radical (unpaired) electrons. The van der Waals surface area contributed by atoms with Crippen LogP contribution in [-0.2, 0) is 0 Å². The molecule has 0 aliphatic carbocycles. The molecular weight excluding hydrogens is 186 g/mol. The lowest BCUT2D eigenvalue weighted by Gasteiger charge is -2.09. The first-order valence-corrected chi connectivity index (χ1v) is 5.26. The third kappa shape index (κ3) is 4.17. The number of hydrogen-bond acceptors (Lipinski definition) is 2. The Morgan fingerprint density at radius 3 is 2.80 bits per heavy atom. The largest absolute Gasteiger partial charge is 0.491 e. The molecule has 0 heterocycles. The summed E-state index contributed by atoms with van der Waals surface area (Å²) < 4.78 is 5.61. The number of hydrogen-bond donors (Lipinski definition) is 1. The van der Waals surface area contributed by atoms with Crippen molar-refractivity contribution >= 4 is 6.08 Å². The van der Waals surface area contributed by atoms with Crippen LogP contribution in [0.4, 0.5) is 0 Å². The maximum atomic E-state index is 5.61. The van der Waals surface area contributed by atoms with Crippen LogP contribution in [0.5, 0.6) is 5.75 Å². The van der Waals surface area contributed by atoms with Crippen LogP contribution in [0.25, 0.3) is 6.08 Å². The fourth-order valence-corrected chi connectivity index (χ4v) is 1.29. The molecule has 82 valence electrons. The van der Waals surface area contributed by atoms with Gasteiger partial charge in [0, 0.05) is 6.54 Å². The molecule has 0 aromatic heterocycles. The van der Waals surface area contributed by atoms with E-state index in [4.69, 9.17) is 10.5 Å². The number of nitrogens with two attached hydrogens (primary N) is 1. The summed E-state index contributed by atoms with van der Waals surface area (Å²) >= 11 is 0. The molecule has 1 aromatic rings. The highest BCUT2D eigenvalue weighted by molar-refractivity contribution is 5.54. The van der Waals surface area contributed by atoms with E-state index in [1.807, 2.05) is 45.0 Å². The Morgan fingerprint density at radius 1 is 1.47 bits per heavy atom. The molecule has 0 unspecified atom stereocenters. The quantitative estimate of drug-likeness (QED) is 0.820. The van der Waals surface area contributed by atoms with Gasteiger partial charge in [-0.2, -0.15) is 0 Å². The normalized spacial score (nSPS) is 11.9. The predicted molar refractivity (Wildman–Crippen MR) is 64.9 cm³/mol. The Labute approximate surface area is 91.7 Å². The lowest BCUT2D eigenvalue weighted by atomic mass is 10.1. The maximum absolute atomic E-state index is 5.61. The molecule has 0 aliphatic heterocycles. The third-order valence-electron chi connectivity index (χ3n) is 1.96. The number of ether oxygens (including phenoxy) is 1. The van der Waals surface area contributed by atoms with E-state index in [-0.39, 0.29) is 6.10 Å². The first-order chi connectivity index (χ1) is 7.11. The Morgan fingerprint density at radius 2 is 2.20 bits per heavy atom. The third-order valence-corrected chi connectivity index (χ3v) is 1.96. The molecule has 2 N–H and O–H groups in total. The van der Waals surface area contributed by atoms with Gasteiger partial charge in [-0.3, -0.25) is 0 Å². The maximum Gasteiger partial charge on any atom is 0.120 e. The van der Waals surface area contributed by atoms with Crippen molar-refractivity contribution in [3.8, 4) is 5.75 Å². The van der Waals surface area contributed by atoms with Gasteiger partial charge in [0.1, 0.15) is 5.75 Å². The molecule has 1 aromatic carbocycles. The van der Waals surface area contributed by atoms with Crippen molar-refractivity contribution in [2.75, 3.05) is 6.54 Å². The highest BCUT2D eigenvalue weighted by Crippen LogP contribution is 2.16. The summed E-state index contributed by atoms with van der Waals surface area (Å²) in [5.74, 6) is 0.906. The molecule has 0 bridgehead atoms. The summed E-state index contributed by atoms with van der Waals surface area (Å²) in [5.41, 5.74) is 7.84. The van der Waals surface area contributed by atoms with Crippen molar-refractivity contribution < 1.29 is 4.74 Å². The van der Waals surface area contributed by atoms with Gasteiger partial charge >= 0.3 is 0 Å². The fraction of sp³-hybridized carbons (Fsp3) is 0.385. The van der Waals surface area contributed by atoms with Gasteiger partial charge in [-0.15, -0.1) is 0 Å². The molecule has 2 heteroatoms. The first-order valence-electron chi connectivity index (χ1n) is 5.26. The Bertz CT molecular complexity index is 342. The van der Waals surface area contributed by atoms with E-state index >= 15 is 0 Å². The van der Waals surface area contributed by atoms with E-state index in [2.05, 4.69) is 6.08 Å². The molecule has 0 saturated carbocycles. The Hall–Kier alpha value is -1.28. The molecule has 1 rings (SSSR count). The topological polar surface area (TPSA) is 35.2 Å². The smallest absolute Gasteiger partial charge is 0.120 e. The molecule has 0 fully saturated rings. The summed E-state index contributed by atoms with van der Waals surface area (Å²) in [6.07, 6.45) is 2.28. The predicted octanol–water partition coefficient (Wildman–Crippen LogP) is 2.84. The summed E-state index contributed by atoms with van der Waals surface area (Å²) in [7, 11) is 0. The summed E-state index contributed by atoms with van der Waals surface area (Å²) in [5, 5.41) is 0. The van der Waals surface area contributed by atoms with Crippen LogP contribution < -0.4 is 10.5 Å². The van der Waals surface area contributed by atoms with Crippen molar-refractivity contribution in [3.63, 3.8) is 0 Å². The molecule has 0 spiro atoms. The standard InChI is InChI=1S/C13H19NO/c1-10(2)15-13-6-4-5-12(8-13)7-11(3)9-14/h4-8,10H,9,14H2,1-3H3. The van der Waals surface area contributed by atoms with Crippen molar-refractivity contribution in [3.05, 3.63) is 35.4 Å². The first kappa shape index (κ1) is 11.8. The Balaban J connectivity index is 2.83. The monoisotopic (exact) mass is 205 g/mol.